The molecular formula is C19H17FN6OS. The third-order valence-electron chi connectivity index (χ3n) is 4.93. The molecule has 1 amide bonds. The Balaban J connectivity index is 1.45. The van der Waals surface area contributed by atoms with E-state index in [-0.39, 0.29) is 12.5 Å². The Bertz CT molecular complexity index is 1180. The van der Waals surface area contributed by atoms with Gasteiger partial charge in [0.1, 0.15) is 6.17 Å². The first-order valence-corrected chi connectivity index (χ1v) is 9.81. The van der Waals surface area contributed by atoms with Crippen LogP contribution in [0.4, 0.5) is 4.39 Å². The molecule has 1 saturated heterocycles. The van der Waals surface area contributed by atoms with E-state index in [4.69, 9.17) is 0 Å². The Morgan fingerprint density at radius 2 is 2.04 bits per heavy atom. The molecule has 1 aliphatic heterocycles. The lowest BCUT2D eigenvalue weighted by atomic mass is 10.1. The van der Waals surface area contributed by atoms with Gasteiger partial charge >= 0.3 is 0 Å². The van der Waals surface area contributed by atoms with Crippen LogP contribution in [0.1, 0.15) is 16.1 Å². The summed E-state index contributed by atoms with van der Waals surface area (Å²) in [5.74, 6) is -0.111. The molecule has 0 N–H and O–H groups in total. The monoisotopic (exact) mass is 396 g/mol. The second-order valence-electron chi connectivity index (χ2n) is 6.91. The molecule has 4 aromatic heterocycles. The number of fused-ring (bicyclic) bond motifs is 1. The molecule has 5 rings (SSSR count). The number of amides is 1. The van der Waals surface area contributed by atoms with E-state index in [1.54, 1.807) is 32.7 Å². The molecule has 0 unspecified atom stereocenters. The molecule has 1 fully saturated rings. The number of aryl methyl sites for hydroxylation is 1. The molecule has 0 bridgehead atoms. The fourth-order valence-corrected chi connectivity index (χ4v) is 4.32. The Morgan fingerprint density at radius 1 is 1.18 bits per heavy atom. The Kier molecular flexibility index (Phi) is 3.97. The lowest BCUT2D eigenvalue weighted by Crippen LogP contribution is -2.28. The number of hydrogen-bond donors (Lipinski definition) is 0. The maximum Gasteiger partial charge on any atom is 0.264 e. The summed E-state index contributed by atoms with van der Waals surface area (Å²) in [6.45, 7) is 0.657. The number of alkyl halides is 1. The minimum atomic E-state index is -0.916. The number of carbonyl (C=O) groups is 1. The Labute approximate surface area is 164 Å². The number of likely N-dealkylation sites (tertiary alicyclic amines) is 1. The van der Waals surface area contributed by atoms with Crippen LogP contribution in [-0.2, 0) is 7.05 Å². The minimum Gasteiger partial charge on any atom is -0.335 e. The van der Waals surface area contributed by atoms with Crippen molar-refractivity contribution in [2.45, 2.75) is 12.6 Å². The van der Waals surface area contributed by atoms with Crippen molar-refractivity contribution in [3.05, 3.63) is 47.3 Å². The van der Waals surface area contributed by atoms with Crippen molar-refractivity contribution >= 4 is 22.9 Å². The van der Waals surface area contributed by atoms with E-state index in [2.05, 4.69) is 15.2 Å². The summed E-state index contributed by atoms with van der Waals surface area (Å²) in [6.07, 6.45) is 8.66. The highest BCUT2D eigenvalue weighted by molar-refractivity contribution is 7.12. The minimum absolute atomic E-state index is 0.111. The van der Waals surface area contributed by atoms with Crippen molar-refractivity contribution < 1.29 is 9.18 Å². The van der Waals surface area contributed by atoms with E-state index in [1.165, 1.54) is 11.3 Å². The molecule has 0 spiro atoms. The van der Waals surface area contributed by atoms with Crippen LogP contribution in [0, 0.1) is 0 Å². The highest BCUT2D eigenvalue weighted by Gasteiger charge is 2.27. The molecular weight excluding hydrogens is 379 g/mol. The van der Waals surface area contributed by atoms with Crippen molar-refractivity contribution in [1.82, 2.24) is 29.3 Å². The second-order valence-corrected chi connectivity index (χ2v) is 7.82. The van der Waals surface area contributed by atoms with Crippen molar-refractivity contribution in [2.75, 3.05) is 13.1 Å². The van der Waals surface area contributed by atoms with Crippen LogP contribution in [0.3, 0.4) is 0 Å². The van der Waals surface area contributed by atoms with Gasteiger partial charge in [-0.1, -0.05) is 0 Å². The summed E-state index contributed by atoms with van der Waals surface area (Å²) in [5, 5.41) is 10.5. The summed E-state index contributed by atoms with van der Waals surface area (Å²) >= 11 is 1.37. The Hall–Kier alpha value is -3.07. The molecule has 9 heteroatoms. The van der Waals surface area contributed by atoms with Gasteiger partial charge in [0.2, 0.25) is 0 Å². The summed E-state index contributed by atoms with van der Waals surface area (Å²) in [6, 6.07) is 1.84. The number of hydrogen-bond acceptors (Lipinski definition) is 5. The zero-order valence-electron chi connectivity index (χ0n) is 15.1. The molecule has 0 aliphatic carbocycles. The average Bonchev–Trinajstić information content (AvgIpc) is 3.46. The molecule has 0 radical (unpaired) electrons. The van der Waals surface area contributed by atoms with E-state index < -0.39 is 6.17 Å². The van der Waals surface area contributed by atoms with Crippen molar-refractivity contribution in [3.8, 4) is 22.3 Å². The molecule has 0 aromatic carbocycles. The molecule has 7 nitrogen and oxygen atoms in total. The first-order valence-electron chi connectivity index (χ1n) is 8.93. The molecule has 0 saturated carbocycles. The van der Waals surface area contributed by atoms with Gasteiger partial charge in [-0.2, -0.15) is 10.2 Å². The number of rotatable bonds is 3. The molecule has 1 aliphatic rings. The van der Waals surface area contributed by atoms with E-state index in [1.807, 2.05) is 30.9 Å². The lowest BCUT2D eigenvalue weighted by molar-refractivity contribution is 0.0787. The number of halogens is 1. The van der Waals surface area contributed by atoms with Gasteiger partial charge in [-0.05, 0) is 23.4 Å². The van der Waals surface area contributed by atoms with Crippen LogP contribution in [0.5, 0.6) is 0 Å². The standard InChI is InChI=1S/C19H17FN6OS/c1-24-8-14(6-22-24)13-5-21-18-16(7-23-26(18)9-13)12-4-17(28-11-12)19(27)25-3-2-15(20)10-25/h4-9,11,15H,2-3,10H2,1H3/t15-/m0/s1. The molecule has 142 valence electrons. The topological polar surface area (TPSA) is 68.3 Å². The highest BCUT2D eigenvalue weighted by atomic mass is 32.1. The van der Waals surface area contributed by atoms with Gasteiger partial charge in [-0.3, -0.25) is 9.48 Å². The number of thiophene rings is 1. The van der Waals surface area contributed by atoms with Gasteiger partial charge in [0.15, 0.2) is 5.65 Å². The molecule has 5 heterocycles. The van der Waals surface area contributed by atoms with Gasteiger partial charge < -0.3 is 4.90 Å². The van der Waals surface area contributed by atoms with Crippen LogP contribution >= 0.6 is 11.3 Å². The number of carbonyl (C=O) groups excluding carboxylic acids is 1. The molecule has 4 aromatic rings. The summed E-state index contributed by atoms with van der Waals surface area (Å²) in [7, 11) is 1.87. The van der Waals surface area contributed by atoms with E-state index in [0.717, 1.165) is 27.9 Å². The fraction of sp³-hybridized carbons (Fsp3) is 0.263. The number of aromatic nitrogens is 5. The zero-order valence-corrected chi connectivity index (χ0v) is 15.9. The summed E-state index contributed by atoms with van der Waals surface area (Å²) < 4.78 is 16.9. The fourth-order valence-electron chi connectivity index (χ4n) is 3.45. The van der Waals surface area contributed by atoms with E-state index in [9.17, 15) is 9.18 Å². The second kappa shape index (κ2) is 6.52. The van der Waals surface area contributed by atoms with Crippen LogP contribution < -0.4 is 0 Å². The third kappa shape index (κ3) is 2.88. The Morgan fingerprint density at radius 3 is 2.79 bits per heavy atom. The van der Waals surface area contributed by atoms with Crippen LogP contribution in [0.15, 0.2) is 42.4 Å². The normalized spacial score (nSPS) is 16.9. The van der Waals surface area contributed by atoms with Crippen LogP contribution in [-0.4, -0.2) is 54.4 Å². The highest BCUT2D eigenvalue weighted by Crippen LogP contribution is 2.30. The first-order chi connectivity index (χ1) is 13.6. The van der Waals surface area contributed by atoms with E-state index >= 15 is 0 Å². The largest absolute Gasteiger partial charge is 0.335 e. The lowest BCUT2D eigenvalue weighted by Gasteiger charge is -2.13. The van der Waals surface area contributed by atoms with Crippen LogP contribution in [0.25, 0.3) is 27.9 Å². The van der Waals surface area contributed by atoms with Gasteiger partial charge in [-0.25, -0.2) is 13.9 Å². The van der Waals surface area contributed by atoms with Crippen molar-refractivity contribution in [3.63, 3.8) is 0 Å². The van der Waals surface area contributed by atoms with Crippen LogP contribution in [0.2, 0.25) is 0 Å². The average molecular weight is 396 g/mol. The number of nitrogens with zero attached hydrogens (tertiary/aromatic N) is 6. The maximum atomic E-state index is 13.4. The van der Waals surface area contributed by atoms with Gasteiger partial charge in [0.05, 0.1) is 23.8 Å². The SMILES string of the molecule is Cn1cc(-c2cnc3c(-c4csc(C(=O)N5CC[C@H](F)C5)c4)cnn3c2)cn1. The quantitative estimate of drug-likeness (QED) is 0.534. The predicted octanol–water partition coefficient (Wildman–Crippen LogP) is 3.04. The first kappa shape index (κ1) is 17.1. The zero-order chi connectivity index (χ0) is 19.3. The predicted molar refractivity (Wildman–Crippen MR) is 104 cm³/mol. The summed E-state index contributed by atoms with van der Waals surface area (Å²) in [5.41, 5.74) is 4.36. The van der Waals surface area contributed by atoms with Crippen molar-refractivity contribution in [2.24, 2.45) is 7.05 Å². The maximum absolute atomic E-state index is 13.4. The molecule has 1 atom stereocenters. The van der Waals surface area contributed by atoms with E-state index in [0.29, 0.717) is 17.8 Å². The smallest absolute Gasteiger partial charge is 0.264 e. The van der Waals surface area contributed by atoms with Gasteiger partial charge in [0.25, 0.3) is 5.91 Å². The van der Waals surface area contributed by atoms with Crippen molar-refractivity contribution in [1.29, 1.82) is 0 Å². The van der Waals surface area contributed by atoms with Gasteiger partial charge in [0, 0.05) is 48.9 Å². The summed E-state index contributed by atoms with van der Waals surface area (Å²) in [4.78, 5) is 19.3. The third-order valence-corrected chi connectivity index (χ3v) is 5.85. The van der Waals surface area contributed by atoms with Gasteiger partial charge in [-0.15, -0.1) is 11.3 Å². The molecule has 28 heavy (non-hydrogen) atoms.